The van der Waals surface area contributed by atoms with Crippen molar-refractivity contribution in [2.45, 2.75) is 46.2 Å². The lowest BCUT2D eigenvalue weighted by molar-refractivity contribution is 0.272. The Morgan fingerprint density at radius 1 is 1.17 bits per heavy atom. The second kappa shape index (κ2) is 3.75. The van der Waals surface area contributed by atoms with E-state index in [2.05, 4.69) is 38.3 Å². The minimum absolute atomic E-state index is 0.372. The molecule has 1 fully saturated rings. The van der Waals surface area contributed by atoms with Crippen molar-refractivity contribution in [3.05, 3.63) is 0 Å². The molecule has 2 heteroatoms. The molecule has 0 aromatic rings. The predicted molar refractivity (Wildman–Crippen MR) is 53.3 cm³/mol. The molecule has 2 N–H and O–H groups in total. The van der Waals surface area contributed by atoms with Crippen LogP contribution in [0.1, 0.15) is 34.1 Å². The molecule has 12 heavy (non-hydrogen) atoms. The fraction of sp³-hybridized carbons (Fsp3) is 1.00. The van der Waals surface area contributed by atoms with Crippen LogP contribution in [0.15, 0.2) is 0 Å². The van der Waals surface area contributed by atoms with Gasteiger partial charge in [-0.2, -0.15) is 0 Å². The Morgan fingerprint density at radius 3 is 2.42 bits per heavy atom. The minimum atomic E-state index is 0.372. The van der Waals surface area contributed by atoms with E-state index in [0.717, 1.165) is 13.1 Å². The summed E-state index contributed by atoms with van der Waals surface area (Å²) in [6.45, 7) is 11.4. The normalized spacial score (nSPS) is 33.0. The predicted octanol–water partition coefficient (Wildman–Crippen LogP) is 1.37. The molecule has 0 spiro atoms. The maximum Gasteiger partial charge on any atom is 0.0241 e. The standard InChI is InChI=1S/C10H22N2/c1-8-5-6-11-9(7-12-8)10(2,3)4/h8-9,11-12H,5-7H2,1-4H3. The zero-order chi connectivity index (χ0) is 9.19. The second-order valence-corrected chi connectivity index (χ2v) is 4.97. The zero-order valence-corrected chi connectivity index (χ0v) is 8.78. The highest BCUT2D eigenvalue weighted by Gasteiger charge is 2.25. The first-order valence-electron chi connectivity index (χ1n) is 4.97. The third-order valence-corrected chi connectivity index (χ3v) is 2.68. The van der Waals surface area contributed by atoms with Gasteiger partial charge < -0.3 is 10.6 Å². The number of hydrogen-bond donors (Lipinski definition) is 2. The van der Waals surface area contributed by atoms with Gasteiger partial charge in [0, 0.05) is 18.6 Å². The summed E-state index contributed by atoms with van der Waals surface area (Å²) in [5, 5.41) is 7.13. The average Bonchev–Trinajstić information content (AvgIpc) is 2.11. The van der Waals surface area contributed by atoms with Crippen molar-refractivity contribution in [2.24, 2.45) is 5.41 Å². The van der Waals surface area contributed by atoms with E-state index in [1.807, 2.05) is 0 Å². The molecule has 72 valence electrons. The van der Waals surface area contributed by atoms with Crippen LogP contribution in [-0.2, 0) is 0 Å². The molecular weight excluding hydrogens is 148 g/mol. The molecule has 0 bridgehead atoms. The van der Waals surface area contributed by atoms with Crippen molar-refractivity contribution in [2.75, 3.05) is 13.1 Å². The Kier molecular flexibility index (Phi) is 3.13. The van der Waals surface area contributed by atoms with Gasteiger partial charge in [-0.25, -0.2) is 0 Å². The first-order valence-corrected chi connectivity index (χ1v) is 4.97. The molecule has 1 aliphatic heterocycles. The van der Waals surface area contributed by atoms with Crippen LogP contribution in [-0.4, -0.2) is 25.2 Å². The van der Waals surface area contributed by atoms with Crippen molar-refractivity contribution >= 4 is 0 Å². The minimum Gasteiger partial charge on any atom is -0.313 e. The molecule has 1 aliphatic rings. The molecular formula is C10H22N2. The number of hydrogen-bond acceptors (Lipinski definition) is 2. The topological polar surface area (TPSA) is 24.1 Å². The first kappa shape index (κ1) is 10.0. The Balaban J connectivity index is 2.46. The molecule has 0 aromatic carbocycles. The lowest BCUT2D eigenvalue weighted by Gasteiger charge is -2.30. The van der Waals surface area contributed by atoms with Gasteiger partial charge in [-0.3, -0.25) is 0 Å². The molecule has 0 amide bonds. The zero-order valence-electron chi connectivity index (χ0n) is 8.78. The maximum atomic E-state index is 3.59. The monoisotopic (exact) mass is 170 g/mol. The quantitative estimate of drug-likeness (QED) is 0.574. The largest absolute Gasteiger partial charge is 0.313 e. The summed E-state index contributed by atoms with van der Waals surface area (Å²) in [5.41, 5.74) is 0.372. The third-order valence-electron chi connectivity index (χ3n) is 2.68. The van der Waals surface area contributed by atoms with Crippen LogP contribution in [0, 0.1) is 5.41 Å². The molecule has 2 nitrogen and oxygen atoms in total. The van der Waals surface area contributed by atoms with Crippen LogP contribution in [0.25, 0.3) is 0 Å². The van der Waals surface area contributed by atoms with E-state index in [9.17, 15) is 0 Å². The fourth-order valence-electron chi connectivity index (χ4n) is 1.58. The first-order chi connectivity index (χ1) is 5.50. The fourth-order valence-corrected chi connectivity index (χ4v) is 1.58. The van der Waals surface area contributed by atoms with E-state index in [0.29, 0.717) is 17.5 Å². The Bertz CT molecular complexity index is 137. The molecule has 0 aromatic heterocycles. The second-order valence-electron chi connectivity index (χ2n) is 4.97. The summed E-state index contributed by atoms with van der Waals surface area (Å²) in [5.74, 6) is 0. The van der Waals surface area contributed by atoms with Gasteiger partial charge >= 0.3 is 0 Å². The van der Waals surface area contributed by atoms with Crippen molar-refractivity contribution in [1.82, 2.24) is 10.6 Å². The van der Waals surface area contributed by atoms with Crippen LogP contribution >= 0.6 is 0 Å². The SMILES string of the molecule is CC1CCNC(C(C)(C)C)CN1. The van der Waals surface area contributed by atoms with E-state index in [4.69, 9.17) is 0 Å². The molecule has 1 heterocycles. The average molecular weight is 170 g/mol. The Hall–Kier alpha value is -0.0800. The van der Waals surface area contributed by atoms with Crippen LogP contribution in [0.5, 0.6) is 0 Å². The van der Waals surface area contributed by atoms with Gasteiger partial charge in [0.1, 0.15) is 0 Å². The smallest absolute Gasteiger partial charge is 0.0241 e. The van der Waals surface area contributed by atoms with Gasteiger partial charge in [0.15, 0.2) is 0 Å². The highest BCUT2D eigenvalue weighted by atomic mass is 15.0. The van der Waals surface area contributed by atoms with Crippen molar-refractivity contribution < 1.29 is 0 Å². The third kappa shape index (κ3) is 2.76. The molecule has 2 atom stereocenters. The summed E-state index contributed by atoms with van der Waals surface area (Å²) in [4.78, 5) is 0. The van der Waals surface area contributed by atoms with E-state index in [-0.39, 0.29) is 0 Å². The number of rotatable bonds is 0. The lowest BCUT2D eigenvalue weighted by atomic mass is 9.87. The van der Waals surface area contributed by atoms with Gasteiger partial charge in [-0.05, 0) is 25.3 Å². The molecule has 2 unspecified atom stereocenters. The van der Waals surface area contributed by atoms with E-state index >= 15 is 0 Å². The van der Waals surface area contributed by atoms with Crippen molar-refractivity contribution in [3.63, 3.8) is 0 Å². The van der Waals surface area contributed by atoms with E-state index in [1.165, 1.54) is 6.42 Å². The molecule has 1 saturated heterocycles. The maximum absolute atomic E-state index is 3.59. The summed E-state index contributed by atoms with van der Waals surface area (Å²) in [6, 6.07) is 1.28. The van der Waals surface area contributed by atoms with Crippen LogP contribution < -0.4 is 10.6 Å². The highest BCUT2D eigenvalue weighted by molar-refractivity contribution is 4.85. The summed E-state index contributed by atoms with van der Waals surface area (Å²) >= 11 is 0. The van der Waals surface area contributed by atoms with E-state index < -0.39 is 0 Å². The van der Waals surface area contributed by atoms with Crippen molar-refractivity contribution in [1.29, 1.82) is 0 Å². The van der Waals surface area contributed by atoms with E-state index in [1.54, 1.807) is 0 Å². The summed E-state index contributed by atoms with van der Waals surface area (Å²) in [7, 11) is 0. The van der Waals surface area contributed by atoms with Gasteiger partial charge in [0.2, 0.25) is 0 Å². The lowest BCUT2D eigenvalue weighted by Crippen LogP contribution is -2.45. The van der Waals surface area contributed by atoms with Gasteiger partial charge in [0.05, 0.1) is 0 Å². The van der Waals surface area contributed by atoms with Crippen LogP contribution in [0.4, 0.5) is 0 Å². The van der Waals surface area contributed by atoms with Crippen LogP contribution in [0.3, 0.4) is 0 Å². The molecule has 0 radical (unpaired) electrons. The summed E-state index contributed by atoms with van der Waals surface area (Å²) in [6.07, 6.45) is 1.24. The Morgan fingerprint density at radius 2 is 1.83 bits per heavy atom. The van der Waals surface area contributed by atoms with Gasteiger partial charge in [-0.1, -0.05) is 20.8 Å². The molecule has 1 rings (SSSR count). The molecule has 0 saturated carbocycles. The van der Waals surface area contributed by atoms with Gasteiger partial charge in [0.25, 0.3) is 0 Å². The van der Waals surface area contributed by atoms with Crippen molar-refractivity contribution in [3.8, 4) is 0 Å². The summed E-state index contributed by atoms with van der Waals surface area (Å²) < 4.78 is 0. The Labute approximate surface area is 76.1 Å². The molecule has 0 aliphatic carbocycles. The van der Waals surface area contributed by atoms with Gasteiger partial charge in [-0.15, -0.1) is 0 Å². The highest BCUT2D eigenvalue weighted by Crippen LogP contribution is 2.19. The van der Waals surface area contributed by atoms with Crippen LogP contribution in [0.2, 0.25) is 0 Å². The number of nitrogens with one attached hydrogen (secondary N) is 2.